The molecule has 0 saturated heterocycles. The van der Waals surface area contributed by atoms with Crippen molar-refractivity contribution in [2.24, 2.45) is 0 Å². The lowest BCUT2D eigenvalue weighted by Gasteiger charge is -2.31. The van der Waals surface area contributed by atoms with E-state index < -0.39 is 5.91 Å². The zero-order chi connectivity index (χ0) is 14.3. The second kappa shape index (κ2) is 4.59. The minimum Gasteiger partial charge on any atom is -0.343 e. The highest BCUT2D eigenvalue weighted by atomic mass is 16.2. The van der Waals surface area contributed by atoms with Gasteiger partial charge in [-0.1, -0.05) is 24.3 Å². The normalized spacial score (nSPS) is 18.1. The molecule has 0 saturated carbocycles. The third-order valence-electron chi connectivity index (χ3n) is 3.66. The van der Waals surface area contributed by atoms with Crippen molar-refractivity contribution in [2.75, 3.05) is 13.1 Å². The summed E-state index contributed by atoms with van der Waals surface area (Å²) in [5.41, 5.74) is 2.39. The Morgan fingerprint density at radius 1 is 1.25 bits per heavy atom. The zero-order valence-corrected chi connectivity index (χ0v) is 11.1. The summed E-state index contributed by atoms with van der Waals surface area (Å²) in [6.45, 7) is 1.78. The molecule has 102 valence electrons. The molecule has 2 amide bonds. The molecule has 0 bridgehead atoms. The summed E-state index contributed by atoms with van der Waals surface area (Å²) in [6, 6.07) is 7.58. The van der Waals surface area contributed by atoms with Crippen molar-refractivity contribution in [3.8, 4) is 0 Å². The van der Waals surface area contributed by atoms with Gasteiger partial charge < -0.3 is 10.2 Å². The van der Waals surface area contributed by atoms with Crippen LogP contribution in [0.1, 0.15) is 18.1 Å². The fraction of sp³-hybridized carbons (Fsp3) is 0.267. The Morgan fingerprint density at radius 3 is 2.75 bits per heavy atom. The van der Waals surface area contributed by atoms with E-state index in [4.69, 9.17) is 0 Å². The van der Waals surface area contributed by atoms with Gasteiger partial charge >= 0.3 is 0 Å². The molecule has 1 aromatic carbocycles. The van der Waals surface area contributed by atoms with Crippen LogP contribution in [-0.2, 0) is 20.8 Å². The fourth-order valence-electron chi connectivity index (χ4n) is 2.75. The van der Waals surface area contributed by atoms with Crippen LogP contribution in [0.4, 0.5) is 0 Å². The second-order valence-corrected chi connectivity index (χ2v) is 4.91. The Bertz CT molecular complexity index is 661. The molecule has 0 fully saturated rings. The van der Waals surface area contributed by atoms with Crippen molar-refractivity contribution in [1.29, 1.82) is 0 Å². The molecule has 0 unspecified atom stereocenters. The van der Waals surface area contributed by atoms with Gasteiger partial charge in [0.05, 0.1) is 12.2 Å². The van der Waals surface area contributed by atoms with Crippen LogP contribution in [0.3, 0.4) is 0 Å². The van der Waals surface area contributed by atoms with Gasteiger partial charge in [-0.3, -0.25) is 14.4 Å². The molecule has 0 aromatic heterocycles. The molecule has 0 atom stereocenters. The Labute approximate surface area is 116 Å². The summed E-state index contributed by atoms with van der Waals surface area (Å²) >= 11 is 0. The minimum atomic E-state index is -0.472. The Morgan fingerprint density at radius 2 is 2.00 bits per heavy atom. The van der Waals surface area contributed by atoms with Gasteiger partial charge in [0.15, 0.2) is 5.78 Å². The average molecular weight is 270 g/mol. The number of amides is 2. The number of fused-ring (bicyclic) bond motifs is 3. The molecule has 3 rings (SSSR count). The number of hydrogen-bond acceptors (Lipinski definition) is 3. The fourth-order valence-corrected chi connectivity index (χ4v) is 2.75. The van der Waals surface area contributed by atoms with Crippen LogP contribution in [0.2, 0.25) is 0 Å². The molecule has 5 heteroatoms. The highest BCUT2D eigenvalue weighted by Crippen LogP contribution is 2.32. The first kappa shape index (κ1) is 12.6. The molecule has 2 aliphatic rings. The predicted octanol–water partition coefficient (Wildman–Crippen LogP) is 0.501. The van der Waals surface area contributed by atoms with E-state index in [9.17, 15) is 14.4 Å². The van der Waals surface area contributed by atoms with Crippen molar-refractivity contribution >= 4 is 23.3 Å². The SMILES string of the molecule is CC(=O)C1=C2c3ccccc3CCN2C(=O)CNC1=O. The monoisotopic (exact) mass is 270 g/mol. The van der Waals surface area contributed by atoms with Crippen molar-refractivity contribution in [3.63, 3.8) is 0 Å². The number of rotatable bonds is 1. The topological polar surface area (TPSA) is 66.5 Å². The van der Waals surface area contributed by atoms with Gasteiger partial charge in [-0.2, -0.15) is 0 Å². The maximum absolute atomic E-state index is 12.1. The number of carbonyl (C=O) groups is 3. The number of benzene rings is 1. The van der Waals surface area contributed by atoms with Gasteiger partial charge in [0, 0.05) is 12.1 Å². The molecule has 5 nitrogen and oxygen atoms in total. The Balaban J connectivity index is 2.31. The minimum absolute atomic E-state index is 0.0682. The quantitative estimate of drug-likeness (QED) is 0.756. The summed E-state index contributed by atoms with van der Waals surface area (Å²) in [6.07, 6.45) is 0.727. The maximum Gasteiger partial charge on any atom is 0.257 e. The number of nitrogens with one attached hydrogen (secondary N) is 1. The van der Waals surface area contributed by atoms with E-state index in [0.717, 1.165) is 17.5 Å². The second-order valence-electron chi connectivity index (χ2n) is 4.91. The van der Waals surface area contributed by atoms with Gasteiger partial charge in [-0.05, 0) is 18.9 Å². The molecule has 1 aromatic rings. The molecule has 0 radical (unpaired) electrons. The number of ketones is 1. The van der Waals surface area contributed by atoms with Gasteiger partial charge in [0.1, 0.15) is 5.57 Å². The van der Waals surface area contributed by atoms with Crippen LogP contribution >= 0.6 is 0 Å². The summed E-state index contributed by atoms with van der Waals surface area (Å²) in [4.78, 5) is 37.7. The van der Waals surface area contributed by atoms with Gasteiger partial charge in [0.25, 0.3) is 5.91 Å². The predicted molar refractivity (Wildman–Crippen MR) is 72.5 cm³/mol. The van der Waals surface area contributed by atoms with Crippen LogP contribution in [0.15, 0.2) is 29.8 Å². The smallest absolute Gasteiger partial charge is 0.257 e. The van der Waals surface area contributed by atoms with E-state index in [1.54, 1.807) is 4.90 Å². The average Bonchev–Trinajstić information content (AvgIpc) is 2.56. The van der Waals surface area contributed by atoms with Gasteiger partial charge in [0.2, 0.25) is 5.91 Å². The number of hydrogen-bond donors (Lipinski definition) is 1. The highest BCUT2D eigenvalue weighted by Gasteiger charge is 2.34. The molecule has 0 spiro atoms. The molecule has 2 aliphatic heterocycles. The lowest BCUT2D eigenvalue weighted by Crippen LogP contribution is -2.38. The maximum atomic E-state index is 12.1. The van der Waals surface area contributed by atoms with Crippen LogP contribution in [0.5, 0.6) is 0 Å². The van der Waals surface area contributed by atoms with Crippen LogP contribution in [0.25, 0.3) is 5.70 Å². The first-order valence-corrected chi connectivity index (χ1v) is 6.51. The standard InChI is InChI=1S/C15H14N2O3/c1-9(18)13-14-11-5-3-2-4-10(11)6-7-17(14)12(19)8-16-15(13)20/h2-5H,6-8H2,1H3,(H,16,20). The van der Waals surface area contributed by atoms with Crippen LogP contribution in [0, 0.1) is 0 Å². The third-order valence-corrected chi connectivity index (χ3v) is 3.66. The van der Waals surface area contributed by atoms with Crippen molar-refractivity contribution in [2.45, 2.75) is 13.3 Å². The van der Waals surface area contributed by atoms with Crippen LogP contribution < -0.4 is 5.32 Å². The first-order chi connectivity index (χ1) is 9.59. The van der Waals surface area contributed by atoms with Crippen molar-refractivity contribution < 1.29 is 14.4 Å². The van der Waals surface area contributed by atoms with Gasteiger partial charge in [-0.15, -0.1) is 0 Å². The molecule has 0 aliphatic carbocycles. The van der Waals surface area contributed by atoms with E-state index in [0.29, 0.717) is 12.2 Å². The van der Waals surface area contributed by atoms with Crippen molar-refractivity contribution in [3.05, 3.63) is 41.0 Å². The lowest BCUT2D eigenvalue weighted by molar-refractivity contribution is -0.129. The van der Waals surface area contributed by atoms with E-state index in [1.165, 1.54) is 6.92 Å². The molecule has 20 heavy (non-hydrogen) atoms. The van der Waals surface area contributed by atoms with Crippen LogP contribution in [-0.4, -0.2) is 35.6 Å². The summed E-state index contributed by atoms with van der Waals surface area (Å²) < 4.78 is 0. The Kier molecular flexibility index (Phi) is 2.89. The summed E-state index contributed by atoms with van der Waals surface area (Å²) in [5, 5.41) is 2.50. The third kappa shape index (κ3) is 1.82. The summed E-state index contributed by atoms with van der Waals surface area (Å²) in [7, 11) is 0. The van der Waals surface area contributed by atoms with E-state index in [2.05, 4.69) is 5.32 Å². The molecule has 2 heterocycles. The largest absolute Gasteiger partial charge is 0.343 e. The van der Waals surface area contributed by atoms with E-state index in [-0.39, 0.29) is 23.8 Å². The summed E-state index contributed by atoms with van der Waals surface area (Å²) in [5.74, 6) is -0.979. The molecular formula is C15H14N2O3. The number of carbonyl (C=O) groups excluding carboxylic acids is 3. The molecule has 1 N–H and O–H groups in total. The lowest BCUT2D eigenvalue weighted by atomic mass is 9.92. The van der Waals surface area contributed by atoms with Crippen molar-refractivity contribution in [1.82, 2.24) is 10.2 Å². The first-order valence-electron chi connectivity index (χ1n) is 6.51. The number of Topliss-reactive ketones (excluding diaryl/α,β-unsaturated/α-hetero) is 1. The van der Waals surface area contributed by atoms with Gasteiger partial charge in [-0.25, -0.2) is 0 Å². The Hall–Kier alpha value is -2.43. The number of nitrogens with zero attached hydrogens (tertiary/aromatic N) is 1. The highest BCUT2D eigenvalue weighted by molar-refractivity contribution is 6.25. The van der Waals surface area contributed by atoms with E-state index >= 15 is 0 Å². The van der Waals surface area contributed by atoms with E-state index in [1.807, 2.05) is 24.3 Å². The molecular weight excluding hydrogens is 256 g/mol. The zero-order valence-electron chi connectivity index (χ0n) is 11.1.